The van der Waals surface area contributed by atoms with Crippen LogP contribution in [-0.4, -0.2) is 59.8 Å². The molecule has 2 aliphatic heterocycles. The molecule has 3 aromatic rings. The van der Waals surface area contributed by atoms with Gasteiger partial charge in [-0.2, -0.15) is 23.1 Å². The maximum Gasteiger partial charge on any atom is 0.426 e. The van der Waals surface area contributed by atoms with Gasteiger partial charge in [-0.25, -0.2) is 0 Å². The molecule has 14 heteroatoms. The number of hydrogen-bond acceptors (Lipinski definition) is 9. The summed E-state index contributed by atoms with van der Waals surface area (Å²) in [5.74, 6) is -3.06. The summed E-state index contributed by atoms with van der Waals surface area (Å²) in [6.07, 6.45) is -4.25. The molecule has 0 bridgehead atoms. The second-order valence-corrected chi connectivity index (χ2v) is 12.2. The van der Waals surface area contributed by atoms with Gasteiger partial charge >= 0.3 is 6.18 Å². The Morgan fingerprint density at radius 3 is 2.61 bits per heavy atom. The van der Waals surface area contributed by atoms with E-state index in [0.717, 1.165) is 6.08 Å². The van der Waals surface area contributed by atoms with E-state index in [0.29, 0.717) is 72.1 Å². The molecule has 0 radical (unpaired) electrons. The average Bonchev–Trinajstić information content (AvgIpc) is 3.43. The van der Waals surface area contributed by atoms with Crippen LogP contribution in [0.25, 0.3) is 11.1 Å². The molecular formula is C32H33ClF3N6O4-. The minimum absolute atomic E-state index is 0.205. The number of hydrogen-bond donors (Lipinski definition) is 3. The van der Waals surface area contributed by atoms with E-state index in [1.54, 1.807) is 30.3 Å². The van der Waals surface area contributed by atoms with Crippen molar-refractivity contribution in [3.63, 3.8) is 0 Å². The fourth-order valence-electron chi connectivity index (χ4n) is 6.21. The SMILES string of the molecule is C=CC(=O)Nc1cccc(-c2cc(Cl)ccc2C(C)[C@@H](Oc2cc(N3CCC4(CC3)CN[C@H](C(=O)[O-])C4)nc(N)n2)C(F)(F)F)c1. The van der Waals surface area contributed by atoms with Crippen molar-refractivity contribution >= 4 is 40.9 Å². The van der Waals surface area contributed by atoms with E-state index in [9.17, 15) is 27.9 Å². The largest absolute Gasteiger partial charge is 0.548 e. The van der Waals surface area contributed by atoms with Crippen LogP contribution in [0.4, 0.5) is 30.6 Å². The number of piperidine rings is 1. The number of aliphatic carboxylic acids is 1. The highest BCUT2D eigenvalue weighted by Crippen LogP contribution is 2.42. The molecule has 10 nitrogen and oxygen atoms in total. The fraction of sp³-hybridized carbons (Fsp3) is 0.375. The van der Waals surface area contributed by atoms with Crippen molar-refractivity contribution in [3.8, 4) is 17.0 Å². The Balaban J connectivity index is 1.39. The normalized spacial score (nSPS) is 19.0. The van der Waals surface area contributed by atoms with Gasteiger partial charge in [0.05, 0.1) is 5.97 Å². The smallest absolute Gasteiger partial charge is 0.426 e. The zero-order valence-electron chi connectivity index (χ0n) is 24.9. The van der Waals surface area contributed by atoms with E-state index in [2.05, 4.69) is 27.2 Å². The number of carbonyl (C=O) groups excluding carboxylic acids is 2. The number of nitrogen functional groups attached to an aromatic ring is 1. The number of carbonyl (C=O) groups is 2. The monoisotopic (exact) mass is 657 g/mol. The number of ether oxygens (including phenoxy) is 1. The van der Waals surface area contributed by atoms with Crippen LogP contribution in [0, 0.1) is 5.41 Å². The van der Waals surface area contributed by atoms with Gasteiger partial charge in [0.2, 0.25) is 23.8 Å². The van der Waals surface area contributed by atoms with Gasteiger partial charge in [-0.1, -0.05) is 43.3 Å². The Kier molecular flexibility index (Phi) is 9.45. The zero-order valence-corrected chi connectivity index (χ0v) is 25.7. The van der Waals surface area contributed by atoms with E-state index >= 15 is 0 Å². The van der Waals surface area contributed by atoms with Crippen LogP contribution in [0.5, 0.6) is 5.88 Å². The number of rotatable bonds is 9. The molecule has 1 spiro atoms. The number of alkyl halides is 3. The second kappa shape index (κ2) is 13.2. The average molecular weight is 658 g/mol. The number of carboxylic acids is 1. The molecule has 5 rings (SSSR count). The molecule has 3 heterocycles. The molecule has 0 saturated carbocycles. The van der Waals surface area contributed by atoms with Crippen LogP contribution >= 0.6 is 11.6 Å². The lowest BCUT2D eigenvalue weighted by molar-refractivity contribution is -0.308. The summed E-state index contributed by atoms with van der Waals surface area (Å²) in [7, 11) is 0. The number of anilines is 3. The number of carboxylic acid groups (broad SMARTS) is 1. The lowest BCUT2D eigenvalue weighted by Gasteiger charge is -2.39. The van der Waals surface area contributed by atoms with E-state index in [-0.39, 0.29) is 17.2 Å². The fourth-order valence-corrected chi connectivity index (χ4v) is 6.38. The molecule has 0 aliphatic carbocycles. The second-order valence-electron chi connectivity index (χ2n) is 11.7. The number of aromatic nitrogens is 2. The number of nitrogens with zero attached hydrogens (tertiary/aromatic N) is 3. The van der Waals surface area contributed by atoms with Gasteiger partial charge in [0.15, 0.2) is 0 Å². The van der Waals surface area contributed by atoms with Gasteiger partial charge in [0.25, 0.3) is 0 Å². The first-order valence-electron chi connectivity index (χ1n) is 14.7. The Morgan fingerprint density at radius 2 is 1.96 bits per heavy atom. The molecule has 2 aromatic carbocycles. The Bertz CT molecular complexity index is 1630. The summed E-state index contributed by atoms with van der Waals surface area (Å²) < 4.78 is 49.6. The van der Waals surface area contributed by atoms with Gasteiger partial charge in [0.1, 0.15) is 5.82 Å². The van der Waals surface area contributed by atoms with Gasteiger partial charge in [0, 0.05) is 48.4 Å². The van der Waals surface area contributed by atoms with E-state index in [4.69, 9.17) is 22.1 Å². The highest BCUT2D eigenvalue weighted by Gasteiger charge is 2.47. The first-order chi connectivity index (χ1) is 21.8. The van der Waals surface area contributed by atoms with Crippen LogP contribution in [0.3, 0.4) is 0 Å². The van der Waals surface area contributed by atoms with Crippen LogP contribution in [-0.2, 0) is 9.59 Å². The summed E-state index contributed by atoms with van der Waals surface area (Å²) in [5.41, 5.74) is 7.44. The third-order valence-electron chi connectivity index (χ3n) is 8.66. The topological polar surface area (TPSA) is 146 Å². The Morgan fingerprint density at radius 1 is 1.22 bits per heavy atom. The van der Waals surface area contributed by atoms with Crippen molar-refractivity contribution in [3.05, 3.63) is 71.8 Å². The third kappa shape index (κ3) is 7.37. The lowest BCUT2D eigenvalue weighted by atomic mass is 9.76. The van der Waals surface area contributed by atoms with Gasteiger partial charge in [-0.15, -0.1) is 0 Å². The number of benzene rings is 2. The van der Waals surface area contributed by atoms with Crippen molar-refractivity contribution in [1.29, 1.82) is 0 Å². The summed E-state index contributed by atoms with van der Waals surface area (Å²) in [4.78, 5) is 33.2. The number of nitrogens with one attached hydrogen (secondary N) is 2. The molecule has 244 valence electrons. The lowest BCUT2D eigenvalue weighted by Crippen LogP contribution is -2.42. The zero-order chi connectivity index (χ0) is 33.2. The van der Waals surface area contributed by atoms with Crippen LogP contribution in [0.2, 0.25) is 5.02 Å². The first-order valence-corrected chi connectivity index (χ1v) is 15.1. The maximum atomic E-state index is 14.7. The van der Waals surface area contributed by atoms with Gasteiger partial charge in [-0.3, -0.25) is 4.79 Å². The van der Waals surface area contributed by atoms with Crippen molar-refractivity contribution < 1.29 is 32.6 Å². The summed E-state index contributed by atoms with van der Waals surface area (Å²) >= 11 is 6.28. The third-order valence-corrected chi connectivity index (χ3v) is 8.89. The molecule has 1 aromatic heterocycles. The molecule has 4 N–H and O–H groups in total. The standard InChI is InChI=1S/C32H34ClF3N6O4/c1-3-26(43)39-21-6-4-5-19(13-21)23-14-20(33)7-8-22(23)18(2)28(32(34,35)36)46-27-15-25(40-30(37)41-27)42-11-9-31(10-12-42)16-24(29(44)45)38-17-31/h3-8,13-15,18,24,28,38H,1,9-12,16-17H2,2H3,(H,39,43)(H,44,45)(H2,37,40,41)/p-1/t18?,24-,28+/m0/s1. The van der Waals surface area contributed by atoms with Gasteiger partial charge in [-0.05, 0) is 71.7 Å². The predicted octanol–water partition coefficient (Wildman–Crippen LogP) is 4.32. The molecule has 2 fully saturated rings. The molecule has 2 saturated heterocycles. The van der Waals surface area contributed by atoms with Crippen molar-refractivity contribution in [2.75, 3.05) is 35.6 Å². The quantitative estimate of drug-likeness (QED) is 0.287. The summed E-state index contributed by atoms with van der Waals surface area (Å²) in [6, 6.07) is 11.9. The summed E-state index contributed by atoms with van der Waals surface area (Å²) in [5, 5.41) is 17.3. The molecular weight excluding hydrogens is 625 g/mol. The Labute approximate surface area is 268 Å². The summed E-state index contributed by atoms with van der Waals surface area (Å²) in [6.45, 7) is 6.37. The number of amides is 1. The highest BCUT2D eigenvalue weighted by molar-refractivity contribution is 6.30. The minimum Gasteiger partial charge on any atom is -0.548 e. The highest BCUT2D eigenvalue weighted by atomic mass is 35.5. The van der Waals surface area contributed by atoms with Crippen LogP contribution in [0.15, 0.2) is 61.2 Å². The van der Waals surface area contributed by atoms with Crippen LogP contribution in [0.1, 0.15) is 37.7 Å². The van der Waals surface area contributed by atoms with Crippen LogP contribution < -0.4 is 31.1 Å². The minimum atomic E-state index is -4.81. The first kappa shape index (κ1) is 33.0. The number of nitrogens with two attached hydrogens (primary N) is 1. The van der Waals surface area contributed by atoms with E-state index in [1.165, 1.54) is 25.1 Å². The number of halogens is 4. The van der Waals surface area contributed by atoms with Gasteiger partial charge < -0.3 is 35.9 Å². The van der Waals surface area contributed by atoms with E-state index < -0.39 is 36.1 Å². The molecule has 3 atom stereocenters. The van der Waals surface area contributed by atoms with Crippen molar-refractivity contribution in [2.45, 2.75) is 50.4 Å². The van der Waals surface area contributed by atoms with Crippen molar-refractivity contribution in [2.24, 2.45) is 5.41 Å². The van der Waals surface area contributed by atoms with Crippen molar-refractivity contribution in [1.82, 2.24) is 15.3 Å². The molecule has 1 amide bonds. The maximum absolute atomic E-state index is 14.7. The van der Waals surface area contributed by atoms with E-state index in [1.807, 2.05) is 4.90 Å². The Hall–Kier alpha value is -4.36. The predicted molar refractivity (Wildman–Crippen MR) is 166 cm³/mol. The molecule has 2 aliphatic rings. The molecule has 1 unspecified atom stereocenters. The molecule has 46 heavy (non-hydrogen) atoms.